The van der Waals surface area contributed by atoms with Crippen molar-refractivity contribution in [2.24, 2.45) is 0 Å². The van der Waals surface area contributed by atoms with Crippen LogP contribution in [0.25, 0.3) is 43.9 Å². The van der Waals surface area contributed by atoms with Crippen molar-refractivity contribution < 1.29 is 13.2 Å². The first-order valence-corrected chi connectivity index (χ1v) is 17.7. The summed E-state index contributed by atoms with van der Waals surface area (Å²) < 4.78 is 27.5. The molecule has 52 heavy (non-hydrogen) atoms. The lowest BCUT2D eigenvalue weighted by Crippen LogP contribution is -2.15. The molecule has 0 aliphatic heterocycles. The number of hydrogen-bond donors (Lipinski definition) is 0. The van der Waals surface area contributed by atoms with Gasteiger partial charge >= 0.3 is 0 Å². The summed E-state index contributed by atoms with van der Waals surface area (Å²) in [5, 5.41) is 4.21. The van der Waals surface area contributed by atoms with E-state index >= 15 is 4.39 Å². The maximum Gasteiger partial charge on any atom is 0.143 e. The first kappa shape index (κ1) is 31.9. The summed E-state index contributed by atoms with van der Waals surface area (Å²) in [5.74, 6) is -0.477. The smallest absolute Gasteiger partial charge is 0.143 e. The van der Waals surface area contributed by atoms with Crippen molar-refractivity contribution in [1.82, 2.24) is 0 Å². The summed E-state index contributed by atoms with van der Waals surface area (Å²) in [6.45, 7) is 6.57. The molecular formula is C46H34ClFN2O2. The number of rotatable bonds is 6. The Kier molecular flexibility index (Phi) is 7.56. The second-order valence-corrected chi connectivity index (χ2v) is 14.5. The van der Waals surface area contributed by atoms with Gasteiger partial charge < -0.3 is 18.6 Å². The van der Waals surface area contributed by atoms with Crippen molar-refractivity contribution in [3.63, 3.8) is 0 Å². The van der Waals surface area contributed by atoms with Crippen LogP contribution in [0.4, 0.5) is 38.5 Å². The van der Waals surface area contributed by atoms with Gasteiger partial charge in [-0.1, -0.05) is 93.0 Å². The molecule has 0 saturated heterocycles. The van der Waals surface area contributed by atoms with Gasteiger partial charge in [-0.05, 0) is 102 Å². The van der Waals surface area contributed by atoms with E-state index in [-0.39, 0.29) is 10.4 Å². The minimum Gasteiger partial charge on any atom is -0.456 e. The largest absolute Gasteiger partial charge is 0.456 e. The highest BCUT2D eigenvalue weighted by molar-refractivity contribution is 6.33. The quantitative estimate of drug-likeness (QED) is 0.173. The van der Waals surface area contributed by atoms with Crippen LogP contribution in [0.5, 0.6) is 0 Å². The number of anilines is 6. The fourth-order valence-electron chi connectivity index (χ4n) is 7.13. The van der Waals surface area contributed by atoms with E-state index in [4.69, 9.17) is 20.4 Å². The molecule has 0 atom stereocenters. The maximum absolute atomic E-state index is 15.1. The van der Waals surface area contributed by atoms with Gasteiger partial charge in [0.15, 0.2) is 0 Å². The normalized spacial score (nSPS) is 11.9. The molecule has 7 aromatic carbocycles. The van der Waals surface area contributed by atoms with Crippen LogP contribution in [-0.4, -0.2) is 0 Å². The van der Waals surface area contributed by atoms with Gasteiger partial charge in [-0.2, -0.15) is 0 Å². The Hall–Kier alpha value is -6.04. The van der Waals surface area contributed by atoms with Gasteiger partial charge in [-0.25, -0.2) is 4.39 Å². The number of furan rings is 2. The standard InChI is InChI=1S/C46H34ClFN2O2/c1-46(2,3)29-18-20-30(21-19-29)50(40-15-9-14-39(48)45(40)47)32-11-8-10-31(26-32)49(33-22-24-43-37(27-33)35-12-4-6-16-41(35)51-43)34-23-25-44-38(28-34)36-13-5-7-17-42(36)52-44/h4-28H,1-3H3. The molecule has 0 bridgehead atoms. The SMILES string of the molecule is CC(C)(C)c1ccc(N(c2cccc(N(c3ccc4oc5ccccc5c4c3)c3ccc4oc5ccccc5c4c3)c2)c2cccc(F)c2Cl)cc1. The van der Waals surface area contributed by atoms with Crippen LogP contribution in [0.3, 0.4) is 0 Å². The first-order valence-electron chi connectivity index (χ1n) is 17.3. The third-order valence-corrected chi connectivity index (χ3v) is 10.1. The molecule has 0 N–H and O–H groups in total. The molecule has 9 aromatic rings. The lowest BCUT2D eigenvalue weighted by Gasteiger charge is -2.30. The van der Waals surface area contributed by atoms with Gasteiger partial charge in [-0.15, -0.1) is 0 Å². The number of nitrogens with zero attached hydrogens (tertiary/aromatic N) is 2. The molecule has 0 saturated carbocycles. The second-order valence-electron chi connectivity index (χ2n) is 14.1. The van der Waals surface area contributed by atoms with Crippen LogP contribution in [-0.2, 0) is 5.41 Å². The highest BCUT2D eigenvalue weighted by Crippen LogP contribution is 2.45. The average molecular weight is 701 g/mol. The molecule has 0 fully saturated rings. The highest BCUT2D eigenvalue weighted by atomic mass is 35.5. The Morgan fingerprint density at radius 1 is 0.462 bits per heavy atom. The van der Waals surface area contributed by atoms with E-state index in [1.54, 1.807) is 6.07 Å². The van der Waals surface area contributed by atoms with Crippen molar-refractivity contribution in [3.8, 4) is 0 Å². The molecular weight excluding hydrogens is 667 g/mol. The van der Waals surface area contributed by atoms with Crippen LogP contribution < -0.4 is 9.80 Å². The van der Waals surface area contributed by atoms with Crippen molar-refractivity contribution in [1.29, 1.82) is 0 Å². The summed E-state index contributed by atoms with van der Waals surface area (Å²) in [6, 6.07) is 50.4. The average Bonchev–Trinajstić information content (AvgIpc) is 3.72. The summed E-state index contributed by atoms with van der Waals surface area (Å²) in [7, 11) is 0. The van der Waals surface area contributed by atoms with E-state index in [9.17, 15) is 0 Å². The van der Waals surface area contributed by atoms with E-state index in [0.717, 1.165) is 72.3 Å². The number of benzene rings is 7. The molecule has 9 rings (SSSR count). The zero-order valence-electron chi connectivity index (χ0n) is 28.9. The number of halogens is 2. The number of fused-ring (bicyclic) bond motifs is 6. The summed E-state index contributed by atoms with van der Waals surface area (Å²) in [5.41, 5.74) is 9.54. The third-order valence-electron chi connectivity index (χ3n) is 9.75. The zero-order chi connectivity index (χ0) is 35.6. The molecule has 4 nitrogen and oxygen atoms in total. The predicted molar refractivity (Wildman–Crippen MR) is 214 cm³/mol. The fourth-order valence-corrected chi connectivity index (χ4v) is 7.34. The van der Waals surface area contributed by atoms with E-state index in [1.807, 2.05) is 71.6 Å². The molecule has 0 radical (unpaired) electrons. The molecule has 2 aromatic heterocycles. The van der Waals surface area contributed by atoms with Crippen LogP contribution in [0.2, 0.25) is 5.02 Å². The molecule has 0 amide bonds. The second kappa shape index (κ2) is 12.3. The Balaban J connectivity index is 1.26. The molecule has 254 valence electrons. The topological polar surface area (TPSA) is 32.8 Å². The minimum absolute atomic E-state index is 0.0247. The molecule has 0 spiro atoms. The number of hydrogen-bond acceptors (Lipinski definition) is 4. The van der Waals surface area contributed by atoms with Gasteiger partial charge in [0.25, 0.3) is 0 Å². The zero-order valence-corrected chi connectivity index (χ0v) is 29.7. The van der Waals surface area contributed by atoms with Crippen LogP contribution in [0.1, 0.15) is 26.3 Å². The van der Waals surface area contributed by atoms with Crippen molar-refractivity contribution >= 4 is 89.6 Å². The summed E-state index contributed by atoms with van der Waals surface area (Å²) >= 11 is 6.73. The van der Waals surface area contributed by atoms with Crippen LogP contribution in [0, 0.1) is 5.82 Å². The van der Waals surface area contributed by atoms with Gasteiger partial charge in [0.1, 0.15) is 33.2 Å². The van der Waals surface area contributed by atoms with Crippen LogP contribution >= 0.6 is 11.6 Å². The lowest BCUT2D eigenvalue weighted by molar-refractivity contribution is 0.590. The van der Waals surface area contributed by atoms with Crippen molar-refractivity contribution in [2.75, 3.05) is 9.80 Å². The van der Waals surface area contributed by atoms with Gasteiger partial charge in [0, 0.05) is 50.0 Å². The molecule has 2 heterocycles. The third kappa shape index (κ3) is 5.45. The molecule has 0 unspecified atom stereocenters. The lowest BCUT2D eigenvalue weighted by atomic mass is 9.87. The highest BCUT2D eigenvalue weighted by Gasteiger charge is 2.22. The van der Waals surface area contributed by atoms with Gasteiger partial charge in [0.05, 0.1) is 5.69 Å². The summed E-state index contributed by atoms with van der Waals surface area (Å²) in [6.07, 6.45) is 0. The van der Waals surface area contributed by atoms with E-state index in [1.165, 1.54) is 11.6 Å². The van der Waals surface area contributed by atoms with E-state index in [2.05, 4.69) is 98.5 Å². The van der Waals surface area contributed by atoms with Crippen molar-refractivity contribution in [2.45, 2.75) is 26.2 Å². The van der Waals surface area contributed by atoms with Gasteiger partial charge in [-0.3, -0.25) is 0 Å². The summed E-state index contributed by atoms with van der Waals surface area (Å²) in [4.78, 5) is 4.25. The Labute approximate surface area is 305 Å². The Bertz CT molecular complexity index is 2660. The molecule has 0 aliphatic rings. The Morgan fingerprint density at radius 2 is 0.942 bits per heavy atom. The van der Waals surface area contributed by atoms with E-state index in [0.29, 0.717) is 5.69 Å². The van der Waals surface area contributed by atoms with Crippen molar-refractivity contribution in [3.05, 3.63) is 168 Å². The predicted octanol–water partition coefficient (Wildman–Crippen LogP) is 14.5. The van der Waals surface area contributed by atoms with Crippen LogP contribution in [0.15, 0.2) is 160 Å². The monoisotopic (exact) mass is 700 g/mol. The molecule has 6 heteroatoms. The first-order chi connectivity index (χ1) is 25.2. The Morgan fingerprint density at radius 3 is 1.52 bits per heavy atom. The van der Waals surface area contributed by atoms with Gasteiger partial charge in [0.2, 0.25) is 0 Å². The number of para-hydroxylation sites is 2. The molecule has 0 aliphatic carbocycles. The maximum atomic E-state index is 15.1. The fraction of sp³-hybridized carbons (Fsp3) is 0.0870. The minimum atomic E-state index is -0.477. The van der Waals surface area contributed by atoms with E-state index < -0.39 is 5.82 Å².